The van der Waals surface area contributed by atoms with Crippen molar-refractivity contribution in [1.82, 2.24) is 14.8 Å². The number of aryl methyl sites for hydroxylation is 1. The Labute approximate surface area is 213 Å². The van der Waals surface area contributed by atoms with Crippen LogP contribution in [0.5, 0.6) is 5.75 Å². The molecule has 5 rings (SSSR count). The second-order valence-corrected chi connectivity index (χ2v) is 9.81. The normalized spacial score (nSPS) is 15.6. The van der Waals surface area contributed by atoms with Gasteiger partial charge in [-0.25, -0.2) is 0 Å². The number of carbonyl (C=O) groups is 1. The molecule has 0 spiro atoms. The minimum absolute atomic E-state index is 0.0922. The number of methoxy groups -OCH3 is 1. The van der Waals surface area contributed by atoms with Gasteiger partial charge in [0.2, 0.25) is 5.91 Å². The summed E-state index contributed by atoms with van der Waals surface area (Å²) in [6, 6.07) is 27.3. The first-order valence-electron chi connectivity index (χ1n) is 12.8. The summed E-state index contributed by atoms with van der Waals surface area (Å²) in [7, 11) is 3.76. The minimum atomic E-state index is -0.0922. The minimum Gasteiger partial charge on any atom is -0.496 e. The first kappa shape index (κ1) is 24.1. The number of aromatic nitrogens is 1. The van der Waals surface area contributed by atoms with Gasteiger partial charge in [0.05, 0.1) is 7.11 Å². The van der Waals surface area contributed by atoms with Crippen LogP contribution >= 0.6 is 0 Å². The van der Waals surface area contributed by atoms with E-state index in [1.807, 2.05) is 18.2 Å². The topological polar surface area (TPSA) is 46.5 Å². The molecule has 3 aromatic carbocycles. The fraction of sp³-hybridized carbons (Fsp3) is 0.323. The summed E-state index contributed by atoms with van der Waals surface area (Å²) in [6.07, 6.45) is 4.51. The molecule has 0 radical (unpaired) electrons. The number of para-hydroxylation sites is 2. The van der Waals surface area contributed by atoms with E-state index in [0.717, 1.165) is 49.4 Å². The number of hydrogen-bond acceptors (Lipinski definition) is 3. The number of benzene rings is 3. The Bertz CT molecular complexity index is 1310. The van der Waals surface area contributed by atoms with Gasteiger partial charge in [-0.3, -0.25) is 9.69 Å². The van der Waals surface area contributed by atoms with Crippen molar-refractivity contribution < 1.29 is 9.53 Å². The molecule has 5 heteroatoms. The SMILES string of the molecule is COc1ccccc1C(CC(=O)NC1CCN(Cc2ccccc2)CC1)c1cn(C)c2ccccc12. The molecule has 36 heavy (non-hydrogen) atoms. The Morgan fingerprint density at radius 1 is 0.944 bits per heavy atom. The molecule has 1 aromatic heterocycles. The summed E-state index contributed by atoms with van der Waals surface area (Å²) >= 11 is 0. The molecule has 1 aliphatic rings. The molecule has 1 fully saturated rings. The zero-order chi connectivity index (χ0) is 24.9. The van der Waals surface area contributed by atoms with Gasteiger partial charge in [0.1, 0.15) is 5.75 Å². The van der Waals surface area contributed by atoms with E-state index in [-0.39, 0.29) is 17.9 Å². The summed E-state index contributed by atoms with van der Waals surface area (Å²) in [5.74, 6) is 0.822. The monoisotopic (exact) mass is 481 g/mol. The average molecular weight is 482 g/mol. The number of hydrogen-bond donors (Lipinski definition) is 1. The predicted octanol–water partition coefficient (Wildman–Crippen LogP) is 5.49. The summed E-state index contributed by atoms with van der Waals surface area (Å²) in [5.41, 5.74) is 4.71. The molecule has 1 amide bonds. The van der Waals surface area contributed by atoms with E-state index in [4.69, 9.17) is 4.74 Å². The number of nitrogens with zero attached hydrogens (tertiary/aromatic N) is 2. The van der Waals surface area contributed by atoms with Crippen LogP contribution in [0.1, 0.15) is 41.9 Å². The Hall–Kier alpha value is -3.57. The zero-order valence-corrected chi connectivity index (χ0v) is 21.2. The van der Waals surface area contributed by atoms with Gasteiger partial charge in [0, 0.05) is 67.7 Å². The summed E-state index contributed by atoms with van der Waals surface area (Å²) < 4.78 is 7.86. The van der Waals surface area contributed by atoms with Crippen molar-refractivity contribution in [3.63, 3.8) is 0 Å². The van der Waals surface area contributed by atoms with Gasteiger partial charge in [-0.15, -0.1) is 0 Å². The van der Waals surface area contributed by atoms with Crippen molar-refractivity contribution in [2.75, 3.05) is 20.2 Å². The van der Waals surface area contributed by atoms with Gasteiger partial charge < -0.3 is 14.6 Å². The molecule has 0 saturated carbocycles. The van der Waals surface area contributed by atoms with Gasteiger partial charge in [0.25, 0.3) is 0 Å². The van der Waals surface area contributed by atoms with E-state index in [0.29, 0.717) is 6.42 Å². The van der Waals surface area contributed by atoms with E-state index < -0.39 is 0 Å². The van der Waals surface area contributed by atoms with Crippen molar-refractivity contribution in [2.24, 2.45) is 7.05 Å². The molecular weight excluding hydrogens is 446 g/mol. The zero-order valence-electron chi connectivity index (χ0n) is 21.2. The maximum absolute atomic E-state index is 13.4. The molecular formula is C31H35N3O2. The molecule has 4 aromatic rings. The maximum Gasteiger partial charge on any atom is 0.221 e. The van der Waals surface area contributed by atoms with E-state index in [1.54, 1.807) is 7.11 Å². The van der Waals surface area contributed by atoms with Crippen LogP contribution in [0, 0.1) is 0 Å². The van der Waals surface area contributed by atoms with E-state index in [2.05, 4.69) is 88.7 Å². The molecule has 0 bridgehead atoms. The third-order valence-corrected chi connectivity index (χ3v) is 7.41. The highest BCUT2D eigenvalue weighted by Gasteiger charge is 2.27. The molecule has 186 valence electrons. The molecule has 1 N–H and O–H groups in total. The second kappa shape index (κ2) is 11.0. The van der Waals surface area contributed by atoms with Crippen molar-refractivity contribution in [3.05, 3.63) is 102 Å². The number of likely N-dealkylation sites (tertiary alicyclic amines) is 1. The van der Waals surface area contributed by atoms with E-state index in [9.17, 15) is 4.79 Å². The van der Waals surface area contributed by atoms with Gasteiger partial charge in [-0.2, -0.15) is 0 Å². The lowest BCUT2D eigenvalue weighted by Gasteiger charge is -2.32. The first-order valence-corrected chi connectivity index (χ1v) is 12.8. The number of nitrogens with one attached hydrogen (secondary N) is 1. The van der Waals surface area contributed by atoms with Crippen LogP contribution in [0.3, 0.4) is 0 Å². The van der Waals surface area contributed by atoms with E-state index in [1.165, 1.54) is 16.5 Å². The van der Waals surface area contributed by atoms with Crippen LogP contribution < -0.4 is 10.1 Å². The van der Waals surface area contributed by atoms with Crippen LogP contribution in [0.25, 0.3) is 10.9 Å². The van der Waals surface area contributed by atoms with Crippen molar-refractivity contribution in [1.29, 1.82) is 0 Å². The highest BCUT2D eigenvalue weighted by Crippen LogP contribution is 2.38. The number of rotatable bonds is 8. The predicted molar refractivity (Wildman–Crippen MR) is 145 cm³/mol. The van der Waals surface area contributed by atoms with Crippen LogP contribution in [-0.2, 0) is 18.4 Å². The van der Waals surface area contributed by atoms with Crippen molar-refractivity contribution >= 4 is 16.8 Å². The molecule has 0 aliphatic carbocycles. The Kier molecular flexibility index (Phi) is 7.38. The third-order valence-electron chi connectivity index (χ3n) is 7.41. The molecule has 1 aliphatic heterocycles. The van der Waals surface area contributed by atoms with Crippen LogP contribution in [0.2, 0.25) is 0 Å². The Morgan fingerprint density at radius 3 is 2.42 bits per heavy atom. The largest absolute Gasteiger partial charge is 0.496 e. The maximum atomic E-state index is 13.4. The molecule has 1 unspecified atom stereocenters. The van der Waals surface area contributed by atoms with Crippen LogP contribution in [0.15, 0.2) is 85.1 Å². The summed E-state index contributed by atoms with van der Waals surface area (Å²) in [5, 5.41) is 4.53. The lowest BCUT2D eigenvalue weighted by Crippen LogP contribution is -2.44. The number of ether oxygens (including phenoxy) is 1. The smallest absolute Gasteiger partial charge is 0.221 e. The first-order chi connectivity index (χ1) is 17.6. The molecule has 2 heterocycles. The number of fused-ring (bicyclic) bond motifs is 1. The fourth-order valence-electron chi connectivity index (χ4n) is 5.54. The lowest BCUT2D eigenvalue weighted by molar-refractivity contribution is -0.122. The van der Waals surface area contributed by atoms with Crippen LogP contribution in [-0.4, -0.2) is 41.6 Å². The van der Waals surface area contributed by atoms with Gasteiger partial charge >= 0.3 is 0 Å². The number of carbonyl (C=O) groups excluding carboxylic acids is 1. The fourth-order valence-corrected chi connectivity index (χ4v) is 5.54. The molecule has 1 saturated heterocycles. The van der Waals surface area contributed by atoms with Crippen molar-refractivity contribution in [2.45, 2.75) is 37.8 Å². The van der Waals surface area contributed by atoms with Gasteiger partial charge in [-0.1, -0.05) is 66.7 Å². The third kappa shape index (κ3) is 5.31. The van der Waals surface area contributed by atoms with Gasteiger partial charge in [0.15, 0.2) is 0 Å². The molecule has 1 atom stereocenters. The lowest BCUT2D eigenvalue weighted by atomic mass is 9.87. The Morgan fingerprint density at radius 2 is 1.64 bits per heavy atom. The van der Waals surface area contributed by atoms with Crippen molar-refractivity contribution in [3.8, 4) is 5.75 Å². The summed E-state index contributed by atoms with van der Waals surface area (Å²) in [4.78, 5) is 15.9. The Balaban J connectivity index is 1.30. The second-order valence-electron chi connectivity index (χ2n) is 9.81. The summed E-state index contributed by atoms with van der Waals surface area (Å²) in [6.45, 7) is 2.97. The standard InChI is InChI=1S/C31H35N3O2/c1-33-22-28(25-12-6-8-14-29(25)33)27(26-13-7-9-15-30(26)36-2)20-31(35)32-24-16-18-34(19-17-24)21-23-10-4-3-5-11-23/h3-15,22,24,27H,16-21H2,1-2H3,(H,32,35). The average Bonchev–Trinajstić information content (AvgIpc) is 3.25. The van der Waals surface area contributed by atoms with Gasteiger partial charge in [-0.05, 0) is 36.1 Å². The quantitative estimate of drug-likeness (QED) is 0.362. The number of piperidine rings is 1. The number of amides is 1. The molecule has 5 nitrogen and oxygen atoms in total. The van der Waals surface area contributed by atoms with E-state index >= 15 is 0 Å². The highest BCUT2D eigenvalue weighted by atomic mass is 16.5. The highest BCUT2D eigenvalue weighted by molar-refractivity contribution is 5.87. The van der Waals surface area contributed by atoms with Crippen LogP contribution in [0.4, 0.5) is 0 Å².